The molecule has 0 aliphatic rings. The molecule has 110 valence electrons. The Bertz CT molecular complexity index is 642. The molecule has 0 aliphatic carbocycles. The number of aromatic carboxylic acids is 1. The topological polar surface area (TPSA) is 58.6 Å². The number of benzene rings is 2. The second-order valence-electron chi connectivity index (χ2n) is 4.38. The van der Waals surface area contributed by atoms with E-state index < -0.39 is 12.6 Å². The SMILES string of the molecule is Cc1ccc(Nc2ccc(OC(F)F)cc2)c(C(=O)O)c1. The molecule has 0 aromatic heterocycles. The molecule has 0 atom stereocenters. The predicted octanol–water partition coefficient (Wildman–Crippen LogP) is 4.04. The number of ether oxygens (including phenoxy) is 1. The van der Waals surface area contributed by atoms with Crippen molar-refractivity contribution in [1.29, 1.82) is 0 Å². The number of aryl methyl sites for hydroxylation is 1. The molecular formula is C15H13F2NO3. The molecule has 2 aromatic rings. The summed E-state index contributed by atoms with van der Waals surface area (Å²) in [6, 6.07) is 10.8. The van der Waals surface area contributed by atoms with E-state index in [1.807, 2.05) is 0 Å². The monoisotopic (exact) mass is 293 g/mol. The van der Waals surface area contributed by atoms with E-state index in [1.54, 1.807) is 25.1 Å². The summed E-state index contributed by atoms with van der Waals surface area (Å²) in [5.41, 5.74) is 1.97. The summed E-state index contributed by atoms with van der Waals surface area (Å²) in [5.74, 6) is -1.00. The van der Waals surface area contributed by atoms with Gasteiger partial charge in [-0.2, -0.15) is 8.78 Å². The summed E-state index contributed by atoms with van der Waals surface area (Å²) in [6.45, 7) is -1.08. The van der Waals surface area contributed by atoms with Gasteiger partial charge in [0.25, 0.3) is 0 Å². The summed E-state index contributed by atoms with van der Waals surface area (Å²) in [4.78, 5) is 11.2. The van der Waals surface area contributed by atoms with Crippen LogP contribution in [0.1, 0.15) is 15.9 Å². The molecule has 0 saturated heterocycles. The number of carbonyl (C=O) groups is 1. The van der Waals surface area contributed by atoms with Crippen LogP contribution in [0.5, 0.6) is 5.75 Å². The molecule has 0 heterocycles. The highest BCUT2D eigenvalue weighted by Gasteiger charge is 2.10. The van der Waals surface area contributed by atoms with E-state index in [1.165, 1.54) is 24.3 Å². The Kier molecular flexibility index (Phi) is 4.37. The van der Waals surface area contributed by atoms with Gasteiger partial charge in [-0.3, -0.25) is 0 Å². The molecule has 0 radical (unpaired) electrons. The van der Waals surface area contributed by atoms with Crippen LogP contribution < -0.4 is 10.1 Å². The minimum absolute atomic E-state index is 0.0397. The van der Waals surface area contributed by atoms with Crippen molar-refractivity contribution in [2.75, 3.05) is 5.32 Å². The number of carboxylic acids is 1. The zero-order chi connectivity index (χ0) is 15.4. The average molecular weight is 293 g/mol. The minimum Gasteiger partial charge on any atom is -0.478 e. The zero-order valence-electron chi connectivity index (χ0n) is 11.1. The lowest BCUT2D eigenvalue weighted by Gasteiger charge is -2.11. The molecule has 0 fully saturated rings. The largest absolute Gasteiger partial charge is 0.478 e. The van der Waals surface area contributed by atoms with Gasteiger partial charge in [0.15, 0.2) is 0 Å². The Labute approximate surface area is 120 Å². The number of rotatable bonds is 5. The number of hydrogen-bond donors (Lipinski definition) is 2. The van der Waals surface area contributed by atoms with E-state index in [9.17, 15) is 13.6 Å². The highest BCUT2D eigenvalue weighted by Crippen LogP contribution is 2.24. The van der Waals surface area contributed by atoms with Gasteiger partial charge in [-0.25, -0.2) is 4.79 Å². The third-order valence-electron chi connectivity index (χ3n) is 2.76. The van der Waals surface area contributed by atoms with Gasteiger partial charge in [-0.1, -0.05) is 11.6 Å². The van der Waals surface area contributed by atoms with Crippen LogP contribution in [0.2, 0.25) is 0 Å². The minimum atomic E-state index is -2.88. The van der Waals surface area contributed by atoms with Crippen LogP contribution in [-0.4, -0.2) is 17.7 Å². The summed E-state index contributed by atoms with van der Waals surface area (Å²) in [6.07, 6.45) is 0. The standard InChI is InChI=1S/C15H13F2NO3/c1-9-2-7-13(12(8-9)14(19)20)18-10-3-5-11(6-4-10)21-15(16)17/h2-8,15,18H,1H3,(H,19,20). The van der Waals surface area contributed by atoms with Gasteiger partial charge in [0.2, 0.25) is 0 Å². The Morgan fingerprint density at radius 1 is 1.19 bits per heavy atom. The molecule has 0 bridgehead atoms. The van der Waals surface area contributed by atoms with Crippen LogP contribution >= 0.6 is 0 Å². The first-order valence-electron chi connectivity index (χ1n) is 6.11. The van der Waals surface area contributed by atoms with Crippen LogP contribution in [0.4, 0.5) is 20.2 Å². The van der Waals surface area contributed by atoms with Gasteiger partial charge in [-0.15, -0.1) is 0 Å². The van der Waals surface area contributed by atoms with E-state index in [0.717, 1.165) is 5.56 Å². The normalized spacial score (nSPS) is 10.5. The van der Waals surface area contributed by atoms with E-state index in [4.69, 9.17) is 5.11 Å². The lowest BCUT2D eigenvalue weighted by atomic mass is 10.1. The maximum atomic E-state index is 12.0. The van der Waals surface area contributed by atoms with Gasteiger partial charge in [-0.05, 0) is 43.3 Å². The molecule has 0 saturated carbocycles. The summed E-state index contributed by atoms with van der Waals surface area (Å²) in [7, 11) is 0. The van der Waals surface area contributed by atoms with Gasteiger partial charge in [0, 0.05) is 5.69 Å². The van der Waals surface area contributed by atoms with Crippen molar-refractivity contribution in [3.8, 4) is 5.75 Å². The number of nitrogens with one attached hydrogen (secondary N) is 1. The Morgan fingerprint density at radius 2 is 1.86 bits per heavy atom. The van der Waals surface area contributed by atoms with Crippen LogP contribution in [0.15, 0.2) is 42.5 Å². The highest BCUT2D eigenvalue weighted by molar-refractivity contribution is 5.95. The maximum Gasteiger partial charge on any atom is 0.387 e. The Balaban J connectivity index is 2.20. The highest BCUT2D eigenvalue weighted by atomic mass is 19.3. The molecule has 0 aliphatic heterocycles. The van der Waals surface area contributed by atoms with Crippen LogP contribution in [-0.2, 0) is 0 Å². The van der Waals surface area contributed by atoms with Gasteiger partial charge in [0.05, 0.1) is 11.3 Å². The van der Waals surface area contributed by atoms with E-state index in [0.29, 0.717) is 11.4 Å². The van der Waals surface area contributed by atoms with Gasteiger partial charge >= 0.3 is 12.6 Å². The molecule has 4 nitrogen and oxygen atoms in total. The first kappa shape index (κ1) is 14.8. The molecule has 2 rings (SSSR count). The molecule has 6 heteroatoms. The molecule has 0 spiro atoms. The fraction of sp³-hybridized carbons (Fsp3) is 0.133. The lowest BCUT2D eigenvalue weighted by molar-refractivity contribution is -0.0498. The van der Waals surface area contributed by atoms with Crippen molar-refractivity contribution >= 4 is 17.3 Å². The van der Waals surface area contributed by atoms with Crippen molar-refractivity contribution in [1.82, 2.24) is 0 Å². The van der Waals surface area contributed by atoms with Crippen molar-refractivity contribution in [3.05, 3.63) is 53.6 Å². The lowest BCUT2D eigenvalue weighted by Crippen LogP contribution is -2.04. The Morgan fingerprint density at radius 3 is 2.43 bits per heavy atom. The summed E-state index contributed by atoms with van der Waals surface area (Å²) >= 11 is 0. The van der Waals surface area contributed by atoms with Crippen molar-refractivity contribution in [2.24, 2.45) is 0 Å². The first-order chi connectivity index (χ1) is 9.95. The second-order valence-corrected chi connectivity index (χ2v) is 4.38. The second kappa shape index (κ2) is 6.21. The third kappa shape index (κ3) is 3.92. The van der Waals surface area contributed by atoms with E-state index in [-0.39, 0.29) is 11.3 Å². The van der Waals surface area contributed by atoms with E-state index in [2.05, 4.69) is 10.1 Å². The first-order valence-corrected chi connectivity index (χ1v) is 6.11. The fourth-order valence-corrected chi connectivity index (χ4v) is 1.82. The smallest absolute Gasteiger partial charge is 0.387 e. The summed E-state index contributed by atoms with van der Waals surface area (Å²) in [5, 5.41) is 12.1. The molecule has 0 amide bonds. The van der Waals surface area contributed by atoms with Gasteiger partial charge < -0.3 is 15.2 Å². The van der Waals surface area contributed by atoms with E-state index >= 15 is 0 Å². The Hall–Kier alpha value is -2.63. The average Bonchev–Trinajstić information content (AvgIpc) is 2.42. The third-order valence-corrected chi connectivity index (χ3v) is 2.76. The predicted molar refractivity (Wildman–Crippen MR) is 74.5 cm³/mol. The molecule has 2 aromatic carbocycles. The number of anilines is 2. The van der Waals surface area contributed by atoms with Gasteiger partial charge in [0.1, 0.15) is 5.75 Å². The van der Waals surface area contributed by atoms with Crippen molar-refractivity contribution < 1.29 is 23.4 Å². The zero-order valence-corrected chi connectivity index (χ0v) is 11.1. The van der Waals surface area contributed by atoms with Crippen LogP contribution in [0.3, 0.4) is 0 Å². The quantitative estimate of drug-likeness (QED) is 0.873. The molecule has 0 unspecified atom stereocenters. The van der Waals surface area contributed by atoms with Crippen LogP contribution in [0.25, 0.3) is 0 Å². The number of carboxylic acid groups (broad SMARTS) is 1. The van der Waals surface area contributed by atoms with Crippen LogP contribution in [0, 0.1) is 6.92 Å². The molecule has 21 heavy (non-hydrogen) atoms. The molecule has 2 N–H and O–H groups in total. The number of alkyl halides is 2. The van der Waals surface area contributed by atoms with Crippen molar-refractivity contribution in [2.45, 2.75) is 13.5 Å². The van der Waals surface area contributed by atoms with Crippen molar-refractivity contribution in [3.63, 3.8) is 0 Å². The molecular weight excluding hydrogens is 280 g/mol. The summed E-state index contributed by atoms with van der Waals surface area (Å²) < 4.78 is 28.3. The maximum absolute atomic E-state index is 12.0. The number of halogens is 2. The number of hydrogen-bond acceptors (Lipinski definition) is 3. The fourth-order valence-electron chi connectivity index (χ4n) is 1.82.